The Kier molecular flexibility index (Phi) is 3.65. The lowest BCUT2D eigenvalue weighted by atomic mass is 10.3. The molecule has 0 aliphatic rings. The molecule has 2 heterocycles. The Labute approximate surface area is 108 Å². The third kappa shape index (κ3) is 2.36. The second-order valence-electron chi connectivity index (χ2n) is 3.41. The van der Waals surface area contributed by atoms with Crippen LogP contribution in [0.2, 0.25) is 0 Å². The van der Waals surface area contributed by atoms with Gasteiger partial charge < -0.3 is 4.84 Å². The van der Waals surface area contributed by atoms with E-state index >= 15 is 0 Å². The molecule has 0 aromatic carbocycles. The van der Waals surface area contributed by atoms with Crippen LogP contribution in [0, 0.1) is 11.3 Å². The van der Waals surface area contributed by atoms with Gasteiger partial charge >= 0.3 is 0 Å². The third-order valence-electron chi connectivity index (χ3n) is 2.20. The lowest BCUT2D eigenvalue weighted by Gasteiger charge is -1.94. The van der Waals surface area contributed by atoms with E-state index in [0.29, 0.717) is 11.4 Å². The Bertz CT molecular complexity index is 613. The fourth-order valence-corrected chi connectivity index (χ4v) is 2.37. The van der Waals surface area contributed by atoms with E-state index in [9.17, 15) is 0 Å². The summed E-state index contributed by atoms with van der Waals surface area (Å²) in [5, 5.41) is 13.7. The molecule has 0 aliphatic carbocycles. The van der Waals surface area contributed by atoms with Crippen LogP contribution < -0.4 is 0 Å². The predicted molar refractivity (Wildman–Crippen MR) is 69.3 cm³/mol. The average molecular weight is 258 g/mol. The molecule has 0 saturated heterocycles. The Balaban J connectivity index is 2.49. The number of nitriles is 1. The molecule has 0 saturated carbocycles. The highest BCUT2D eigenvalue weighted by atomic mass is 32.1. The first-order chi connectivity index (χ1) is 8.76. The van der Waals surface area contributed by atoms with Gasteiger partial charge in [-0.25, -0.2) is 4.98 Å². The van der Waals surface area contributed by atoms with E-state index in [1.807, 2.05) is 12.1 Å². The number of hydrogen-bond acceptors (Lipinski definition) is 6. The number of rotatable bonds is 3. The quantitative estimate of drug-likeness (QED) is 0.626. The standard InChI is InChI=1S/C12H10N4OS/c1-8(16-17-2)11-10(6-13)15-12(18-11)9-4-3-5-14-7-9/h3-5,7H,1-2H3/b16-8+. The van der Waals surface area contributed by atoms with Crippen molar-refractivity contribution in [1.82, 2.24) is 9.97 Å². The van der Waals surface area contributed by atoms with Gasteiger partial charge in [-0.2, -0.15) is 5.26 Å². The molecule has 0 spiro atoms. The minimum absolute atomic E-state index is 0.358. The molecular weight excluding hydrogens is 248 g/mol. The summed E-state index contributed by atoms with van der Waals surface area (Å²) in [4.78, 5) is 13.8. The van der Waals surface area contributed by atoms with Crippen LogP contribution in [0.25, 0.3) is 10.6 Å². The van der Waals surface area contributed by atoms with Gasteiger partial charge in [0.1, 0.15) is 18.2 Å². The van der Waals surface area contributed by atoms with Crippen LogP contribution in [0.3, 0.4) is 0 Å². The van der Waals surface area contributed by atoms with Gasteiger partial charge in [0.15, 0.2) is 5.69 Å². The van der Waals surface area contributed by atoms with E-state index in [4.69, 9.17) is 10.1 Å². The molecular formula is C12H10N4OS. The Morgan fingerprint density at radius 3 is 3.00 bits per heavy atom. The van der Waals surface area contributed by atoms with E-state index in [1.54, 1.807) is 19.3 Å². The van der Waals surface area contributed by atoms with Gasteiger partial charge in [-0.1, -0.05) is 5.16 Å². The van der Waals surface area contributed by atoms with E-state index in [0.717, 1.165) is 15.4 Å². The van der Waals surface area contributed by atoms with Crippen molar-refractivity contribution in [2.45, 2.75) is 6.92 Å². The summed E-state index contributed by atoms with van der Waals surface area (Å²) in [6, 6.07) is 5.80. The van der Waals surface area contributed by atoms with Gasteiger partial charge in [-0.15, -0.1) is 11.3 Å². The largest absolute Gasteiger partial charge is 0.399 e. The van der Waals surface area contributed by atoms with Crippen molar-refractivity contribution in [3.05, 3.63) is 35.1 Å². The number of pyridine rings is 1. The van der Waals surface area contributed by atoms with Crippen LogP contribution in [-0.4, -0.2) is 22.8 Å². The topological polar surface area (TPSA) is 71.2 Å². The second kappa shape index (κ2) is 5.38. The molecule has 0 atom stereocenters. The van der Waals surface area contributed by atoms with Crippen LogP contribution in [-0.2, 0) is 4.84 Å². The molecule has 0 amide bonds. The maximum Gasteiger partial charge on any atom is 0.161 e. The fourth-order valence-electron chi connectivity index (χ4n) is 1.43. The minimum Gasteiger partial charge on any atom is -0.399 e. The van der Waals surface area contributed by atoms with E-state index in [1.165, 1.54) is 18.4 Å². The Morgan fingerprint density at radius 1 is 1.56 bits per heavy atom. The summed E-state index contributed by atoms with van der Waals surface area (Å²) in [5.74, 6) is 0. The number of aromatic nitrogens is 2. The lowest BCUT2D eigenvalue weighted by molar-refractivity contribution is 0.213. The van der Waals surface area contributed by atoms with Crippen LogP contribution >= 0.6 is 11.3 Å². The molecule has 2 rings (SSSR count). The van der Waals surface area contributed by atoms with Crippen LogP contribution in [0.1, 0.15) is 17.5 Å². The van der Waals surface area contributed by atoms with E-state index in [2.05, 4.69) is 21.2 Å². The minimum atomic E-state index is 0.358. The summed E-state index contributed by atoms with van der Waals surface area (Å²) >= 11 is 1.40. The van der Waals surface area contributed by atoms with Crippen molar-refractivity contribution in [2.24, 2.45) is 5.16 Å². The van der Waals surface area contributed by atoms with E-state index in [-0.39, 0.29) is 0 Å². The Hall–Kier alpha value is -2.26. The number of oxime groups is 1. The summed E-state index contributed by atoms with van der Waals surface area (Å²) in [6.45, 7) is 1.78. The first-order valence-electron chi connectivity index (χ1n) is 5.15. The van der Waals surface area contributed by atoms with Gasteiger partial charge in [-0.3, -0.25) is 4.98 Å². The zero-order valence-corrected chi connectivity index (χ0v) is 10.7. The van der Waals surface area contributed by atoms with Gasteiger partial charge in [0.05, 0.1) is 10.6 Å². The summed E-state index contributed by atoms with van der Waals surface area (Å²) < 4.78 is 0. The van der Waals surface area contributed by atoms with Gasteiger partial charge in [0.25, 0.3) is 0 Å². The molecule has 0 aliphatic heterocycles. The lowest BCUT2D eigenvalue weighted by Crippen LogP contribution is -1.94. The molecule has 0 unspecified atom stereocenters. The number of nitrogens with zero attached hydrogens (tertiary/aromatic N) is 4. The highest BCUT2D eigenvalue weighted by Crippen LogP contribution is 2.27. The predicted octanol–water partition coefficient (Wildman–Crippen LogP) is 2.45. The molecule has 18 heavy (non-hydrogen) atoms. The molecule has 90 valence electrons. The smallest absolute Gasteiger partial charge is 0.161 e. The zero-order chi connectivity index (χ0) is 13.0. The SMILES string of the molecule is CO/N=C(\C)c1sc(-c2cccnc2)nc1C#N. The van der Waals surface area contributed by atoms with Crippen LogP contribution in [0.4, 0.5) is 0 Å². The zero-order valence-electron chi connectivity index (χ0n) is 9.91. The summed E-state index contributed by atoms with van der Waals surface area (Å²) in [5.41, 5.74) is 1.88. The first-order valence-corrected chi connectivity index (χ1v) is 5.97. The van der Waals surface area contributed by atoms with Crippen molar-refractivity contribution in [3.8, 4) is 16.6 Å². The van der Waals surface area contributed by atoms with Gasteiger partial charge in [0, 0.05) is 18.0 Å². The third-order valence-corrected chi connectivity index (χ3v) is 3.41. The Morgan fingerprint density at radius 2 is 2.39 bits per heavy atom. The van der Waals surface area contributed by atoms with Crippen LogP contribution in [0.15, 0.2) is 29.7 Å². The number of thiazole rings is 1. The van der Waals surface area contributed by atoms with Gasteiger partial charge in [0.2, 0.25) is 0 Å². The maximum absolute atomic E-state index is 9.08. The molecule has 2 aromatic rings. The first kappa shape index (κ1) is 12.2. The van der Waals surface area contributed by atoms with Crippen molar-refractivity contribution in [3.63, 3.8) is 0 Å². The summed E-state index contributed by atoms with van der Waals surface area (Å²) in [6.07, 6.45) is 3.41. The molecule has 0 fully saturated rings. The second-order valence-corrected chi connectivity index (χ2v) is 4.41. The van der Waals surface area contributed by atoms with E-state index < -0.39 is 0 Å². The molecule has 2 aromatic heterocycles. The van der Waals surface area contributed by atoms with Crippen LogP contribution in [0.5, 0.6) is 0 Å². The highest BCUT2D eigenvalue weighted by molar-refractivity contribution is 7.17. The monoisotopic (exact) mass is 258 g/mol. The van der Waals surface area contributed by atoms with Crippen molar-refractivity contribution >= 4 is 17.0 Å². The molecule has 0 bridgehead atoms. The maximum atomic E-state index is 9.08. The van der Waals surface area contributed by atoms with Crippen molar-refractivity contribution in [2.75, 3.05) is 7.11 Å². The van der Waals surface area contributed by atoms with Crippen molar-refractivity contribution < 1.29 is 4.84 Å². The highest BCUT2D eigenvalue weighted by Gasteiger charge is 2.15. The average Bonchev–Trinajstić information content (AvgIpc) is 2.84. The fraction of sp³-hybridized carbons (Fsp3) is 0.167. The number of hydrogen-bond donors (Lipinski definition) is 0. The molecule has 5 nitrogen and oxygen atoms in total. The molecule has 0 N–H and O–H groups in total. The molecule has 6 heteroatoms. The normalized spacial score (nSPS) is 11.1. The molecule has 0 radical (unpaired) electrons. The summed E-state index contributed by atoms with van der Waals surface area (Å²) in [7, 11) is 1.47. The van der Waals surface area contributed by atoms with Crippen molar-refractivity contribution in [1.29, 1.82) is 5.26 Å². The van der Waals surface area contributed by atoms with Gasteiger partial charge in [-0.05, 0) is 19.1 Å².